The summed E-state index contributed by atoms with van der Waals surface area (Å²) in [5, 5.41) is 22.2. The summed E-state index contributed by atoms with van der Waals surface area (Å²) in [6.45, 7) is 5.15. The summed E-state index contributed by atoms with van der Waals surface area (Å²) in [5.41, 5.74) is 2.56. The van der Waals surface area contributed by atoms with Gasteiger partial charge in [-0.1, -0.05) is 37.6 Å². The first-order chi connectivity index (χ1) is 13.4. The first-order valence-corrected chi connectivity index (χ1v) is 9.62. The van der Waals surface area contributed by atoms with Crippen molar-refractivity contribution >= 4 is 28.5 Å². The summed E-state index contributed by atoms with van der Waals surface area (Å²) in [6, 6.07) is 10.6. The van der Waals surface area contributed by atoms with Crippen LogP contribution in [0, 0.1) is 5.92 Å². The minimum absolute atomic E-state index is 0. The molecule has 0 atom stereocenters. The molecule has 1 heterocycles. The monoisotopic (exact) mass is 423 g/mol. The van der Waals surface area contributed by atoms with E-state index >= 15 is 0 Å². The summed E-state index contributed by atoms with van der Waals surface area (Å²) in [5.74, 6) is -0.0938. The van der Waals surface area contributed by atoms with Crippen molar-refractivity contribution in [3.8, 4) is 5.75 Å². The number of aromatic nitrogens is 1. The fraction of sp³-hybridized carbons (Fsp3) is 0.318. The van der Waals surface area contributed by atoms with Crippen LogP contribution >= 0.6 is 11.6 Å². The Bertz CT molecular complexity index is 1000. The van der Waals surface area contributed by atoms with Crippen LogP contribution in [0.15, 0.2) is 42.6 Å². The number of ether oxygens (including phenoxy) is 1. The predicted molar refractivity (Wildman–Crippen MR) is 108 cm³/mol. The molecule has 2 aromatic carbocycles. The number of aliphatic hydroxyl groups excluding tert-OH is 1. The first kappa shape index (κ1) is 23.8. The number of carbonyl (C=O) groups is 1. The third kappa shape index (κ3) is 5.56. The minimum atomic E-state index is -1.23. The van der Waals surface area contributed by atoms with Crippen molar-refractivity contribution in [3.05, 3.63) is 64.3 Å². The molecule has 3 rings (SSSR count). The van der Waals surface area contributed by atoms with Crippen LogP contribution in [0.25, 0.3) is 10.9 Å². The van der Waals surface area contributed by atoms with Crippen molar-refractivity contribution < 1.29 is 49.3 Å². The Hall–Kier alpha value is -1.50. The molecule has 0 amide bonds. The van der Waals surface area contributed by atoms with Crippen LogP contribution in [0.3, 0.4) is 0 Å². The van der Waals surface area contributed by atoms with E-state index in [1.54, 1.807) is 12.1 Å². The topological polar surface area (TPSA) is 74.5 Å². The Kier molecular flexibility index (Phi) is 8.61. The maximum atomic E-state index is 11.6. The van der Waals surface area contributed by atoms with E-state index in [9.17, 15) is 15.0 Å². The van der Waals surface area contributed by atoms with Crippen LogP contribution < -0.4 is 39.4 Å². The molecule has 0 fully saturated rings. The minimum Gasteiger partial charge on any atom is -0.545 e. The molecule has 0 bridgehead atoms. The molecule has 0 spiro atoms. The summed E-state index contributed by atoms with van der Waals surface area (Å²) in [6.07, 6.45) is 2.24. The molecule has 1 N–H and O–H groups in total. The van der Waals surface area contributed by atoms with Gasteiger partial charge < -0.3 is 24.3 Å². The van der Waals surface area contributed by atoms with Crippen LogP contribution in [-0.2, 0) is 13.0 Å². The second-order valence-corrected chi connectivity index (χ2v) is 7.64. The fourth-order valence-corrected chi connectivity index (χ4v) is 3.50. The van der Waals surface area contributed by atoms with Gasteiger partial charge in [0.05, 0.1) is 19.1 Å². The van der Waals surface area contributed by atoms with Crippen LogP contribution in [0.1, 0.15) is 35.3 Å². The number of aliphatic hydroxyl groups is 1. The Morgan fingerprint density at radius 2 is 2.00 bits per heavy atom. The summed E-state index contributed by atoms with van der Waals surface area (Å²) in [4.78, 5) is 11.6. The zero-order chi connectivity index (χ0) is 20.3. The molecular formula is C22H23ClNNaO4. The number of carboxylic acids is 1. The molecule has 3 aromatic rings. The summed E-state index contributed by atoms with van der Waals surface area (Å²) in [7, 11) is 0. The van der Waals surface area contributed by atoms with Crippen LogP contribution in [0.2, 0.25) is 5.02 Å². The molecule has 0 unspecified atom stereocenters. The average molecular weight is 424 g/mol. The maximum absolute atomic E-state index is 11.6. The summed E-state index contributed by atoms with van der Waals surface area (Å²) >= 11 is 6.20. The van der Waals surface area contributed by atoms with Crippen LogP contribution in [-0.4, -0.2) is 28.9 Å². The van der Waals surface area contributed by atoms with Gasteiger partial charge in [0.25, 0.3) is 0 Å². The quantitative estimate of drug-likeness (QED) is 0.528. The number of nitrogens with zero attached hydrogens (tertiary/aromatic N) is 1. The van der Waals surface area contributed by atoms with E-state index in [-0.39, 0.29) is 41.7 Å². The molecule has 7 heteroatoms. The second-order valence-electron chi connectivity index (χ2n) is 7.20. The molecule has 1 aromatic heterocycles. The van der Waals surface area contributed by atoms with Gasteiger partial charge in [-0.25, -0.2) is 0 Å². The maximum Gasteiger partial charge on any atom is 1.00 e. The first-order valence-electron chi connectivity index (χ1n) is 9.25. The van der Waals surface area contributed by atoms with Gasteiger partial charge in [-0.3, -0.25) is 0 Å². The number of rotatable bonds is 8. The zero-order valence-corrected chi connectivity index (χ0v) is 19.7. The van der Waals surface area contributed by atoms with Crippen molar-refractivity contribution in [1.29, 1.82) is 0 Å². The molecular weight excluding hydrogens is 401 g/mol. The van der Waals surface area contributed by atoms with Gasteiger partial charge in [0.2, 0.25) is 0 Å². The molecule has 0 saturated carbocycles. The predicted octanol–water partition coefficient (Wildman–Crippen LogP) is 0.280. The van der Waals surface area contributed by atoms with E-state index in [0.717, 1.165) is 22.4 Å². The smallest absolute Gasteiger partial charge is 0.545 e. The number of fused-ring (bicyclic) bond motifs is 1. The third-order valence-corrected chi connectivity index (χ3v) is 4.76. The number of benzene rings is 2. The Morgan fingerprint density at radius 1 is 1.24 bits per heavy atom. The standard InChI is InChI=1S/C22H24ClNO4.Na/c1-14(2)13-28-20-7-6-17(23)10-16(20)12-24-11-15(8-9-25)21-18(22(26)27)4-3-5-19(21)24;/h3-7,10-11,14,25H,8-9,12-13H2,1-2H3,(H,26,27);/q;+1/p-1. The van der Waals surface area contributed by atoms with Gasteiger partial charge in [0.15, 0.2) is 0 Å². The number of aromatic carboxylic acids is 1. The SMILES string of the molecule is CC(C)COc1ccc(Cl)cc1Cn1cc(CCO)c2c(C(=O)[O-])cccc21.[Na+]. The number of hydrogen-bond acceptors (Lipinski definition) is 4. The van der Waals surface area contributed by atoms with Crippen molar-refractivity contribution in [1.82, 2.24) is 4.57 Å². The second kappa shape index (κ2) is 10.5. The molecule has 5 nitrogen and oxygen atoms in total. The zero-order valence-electron chi connectivity index (χ0n) is 16.9. The Morgan fingerprint density at radius 3 is 2.66 bits per heavy atom. The fourth-order valence-electron chi connectivity index (χ4n) is 3.30. The average Bonchev–Trinajstić information content (AvgIpc) is 2.99. The van der Waals surface area contributed by atoms with E-state index < -0.39 is 5.97 Å². The van der Waals surface area contributed by atoms with Gasteiger partial charge in [-0.2, -0.15) is 0 Å². The van der Waals surface area contributed by atoms with Crippen molar-refractivity contribution in [2.45, 2.75) is 26.8 Å². The van der Waals surface area contributed by atoms with Gasteiger partial charge in [-0.05, 0) is 42.2 Å². The van der Waals surface area contributed by atoms with Crippen LogP contribution in [0.4, 0.5) is 0 Å². The van der Waals surface area contributed by atoms with Crippen molar-refractivity contribution in [3.63, 3.8) is 0 Å². The molecule has 0 aliphatic rings. The Labute approximate surface area is 197 Å². The Balaban J connectivity index is 0.00000300. The van der Waals surface area contributed by atoms with E-state index in [4.69, 9.17) is 16.3 Å². The van der Waals surface area contributed by atoms with Gasteiger partial charge in [0, 0.05) is 39.9 Å². The number of hydrogen-bond donors (Lipinski definition) is 1. The number of halogens is 1. The van der Waals surface area contributed by atoms with E-state index in [1.807, 2.05) is 29.0 Å². The molecule has 0 radical (unpaired) electrons. The van der Waals surface area contributed by atoms with Gasteiger partial charge >= 0.3 is 29.6 Å². The van der Waals surface area contributed by atoms with Gasteiger partial charge in [-0.15, -0.1) is 0 Å². The van der Waals surface area contributed by atoms with Crippen molar-refractivity contribution in [2.24, 2.45) is 5.92 Å². The molecule has 0 aliphatic carbocycles. The van der Waals surface area contributed by atoms with Crippen molar-refractivity contribution in [2.75, 3.05) is 13.2 Å². The third-order valence-electron chi connectivity index (χ3n) is 4.52. The normalized spacial score (nSPS) is 10.9. The molecule has 29 heavy (non-hydrogen) atoms. The van der Waals surface area contributed by atoms with Crippen LogP contribution in [0.5, 0.6) is 5.75 Å². The number of carbonyl (C=O) groups excluding carboxylic acids is 1. The van der Waals surface area contributed by atoms with E-state index in [1.165, 1.54) is 6.07 Å². The van der Waals surface area contributed by atoms with Gasteiger partial charge in [0.1, 0.15) is 5.75 Å². The van der Waals surface area contributed by atoms with E-state index in [2.05, 4.69) is 13.8 Å². The number of carboxylic acid groups (broad SMARTS) is 1. The van der Waals surface area contributed by atoms with E-state index in [0.29, 0.717) is 35.9 Å². The largest absolute Gasteiger partial charge is 1.00 e. The molecule has 148 valence electrons. The molecule has 0 aliphatic heterocycles. The summed E-state index contributed by atoms with van der Waals surface area (Å²) < 4.78 is 7.90. The molecule has 0 saturated heterocycles.